The maximum absolute atomic E-state index is 12.3. The fourth-order valence-corrected chi connectivity index (χ4v) is 6.87. The summed E-state index contributed by atoms with van der Waals surface area (Å²) in [5, 5.41) is 4.98. The molecule has 1 aliphatic heterocycles. The molecule has 2 aliphatic rings. The van der Waals surface area contributed by atoms with Crippen molar-refractivity contribution >= 4 is 27.1 Å². The van der Waals surface area contributed by atoms with Gasteiger partial charge in [-0.15, -0.1) is 0 Å². The van der Waals surface area contributed by atoms with Crippen LogP contribution >= 0.6 is 0 Å². The first kappa shape index (κ1) is 24.8. The summed E-state index contributed by atoms with van der Waals surface area (Å²) in [5.41, 5.74) is 5.55. The lowest BCUT2D eigenvalue weighted by Crippen LogP contribution is -2.35. The van der Waals surface area contributed by atoms with E-state index in [2.05, 4.69) is 47.9 Å². The van der Waals surface area contributed by atoms with Crippen LogP contribution in [0.25, 0.3) is 11.0 Å². The Balaban J connectivity index is 1.56. The van der Waals surface area contributed by atoms with Gasteiger partial charge in [-0.3, -0.25) is 0 Å². The predicted molar refractivity (Wildman–Crippen MR) is 139 cm³/mol. The molecule has 5 rings (SSSR count). The normalized spacial score (nSPS) is 21.2. The summed E-state index contributed by atoms with van der Waals surface area (Å²) < 4.78 is 31.2. The Morgan fingerprint density at radius 3 is 2.53 bits per heavy atom. The number of hydrogen-bond acceptors (Lipinski definition) is 5. The first-order valence-corrected chi connectivity index (χ1v) is 14.3. The quantitative estimate of drug-likeness (QED) is 0.551. The van der Waals surface area contributed by atoms with Crippen molar-refractivity contribution in [3.05, 3.63) is 65.0 Å². The molecule has 0 unspecified atom stereocenters. The van der Waals surface area contributed by atoms with E-state index in [1.54, 1.807) is 4.90 Å². The van der Waals surface area contributed by atoms with Gasteiger partial charge in [0, 0.05) is 24.1 Å². The number of imidazole rings is 1. The highest BCUT2D eigenvalue weighted by atomic mass is 32.2. The van der Waals surface area contributed by atoms with E-state index in [4.69, 9.17) is 14.9 Å². The number of rotatable bonds is 5. The number of fused-ring (bicyclic) bond motifs is 3. The molecule has 1 atom stereocenters. The van der Waals surface area contributed by atoms with E-state index >= 15 is 0 Å². The van der Waals surface area contributed by atoms with Gasteiger partial charge in [0.05, 0.1) is 29.9 Å². The number of methoxy groups -OCH3 is 1. The van der Waals surface area contributed by atoms with E-state index in [1.165, 1.54) is 18.2 Å². The van der Waals surface area contributed by atoms with Crippen LogP contribution in [0.1, 0.15) is 67.1 Å². The average Bonchev–Trinajstić information content (AvgIpc) is 3.28. The Bertz CT molecular complexity index is 1360. The molecule has 0 radical (unpaired) electrons. The second kappa shape index (κ2) is 9.86. The van der Waals surface area contributed by atoms with Crippen molar-refractivity contribution in [3.8, 4) is 0 Å². The van der Waals surface area contributed by atoms with E-state index in [-0.39, 0.29) is 18.1 Å². The third kappa shape index (κ3) is 4.74. The maximum atomic E-state index is 12.3. The summed E-state index contributed by atoms with van der Waals surface area (Å²) >= 11 is 0. The van der Waals surface area contributed by atoms with Crippen LogP contribution in [0.4, 0.5) is 4.79 Å². The molecule has 1 aliphatic carbocycles. The molecule has 0 saturated heterocycles. The zero-order valence-electron chi connectivity index (χ0n) is 20.9. The second-order valence-electron chi connectivity index (χ2n) is 10.2. The number of amides is 1. The van der Waals surface area contributed by atoms with Crippen LogP contribution in [0.2, 0.25) is 0 Å². The van der Waals surface area contributed by atoms with Crippen molar-refractivity contribution in [2.75, 3.05) is 13.7 Å². The summed E-state index contributed by atoms with van der Waals surface area (Å²) in [6.07, 6.45) is 3.87. The monoisotopic (exact) mass is 510 g/mol. The van der Waals surface area contributed by atoms with Crippen molar-refractivity contribution in [3.63, 3.8) is 0 Å². The lowest BCUT2D eigenvalue weighted by molar-refractivity contribution is 0.119. The second-order valence-corrected chi connectivity index (χ2v) is 12.0. The highest BCUT2D eigenvalue weighted by Crippen LogP contribution is 2.39. The summed E-state index contributed by atoms with van der Waals surface area (Å²) in [7, 11) is -2.12. The SMILES string of the molecule is COC(=O)N1CCc2ccc3c(nc(C4CCC(S(N)(=O)=O)CC4)n3[C@H](C)Cc3ccccc3)c2C1. The number of ether oxygens (including phenoxy) is 1. The number of primary sulfonamides is 1. The molecule has 8 nitrogen and oxygen atoms in total. The summed E-state index contributed by atoms with van der Waals surface area (Å²) in [6, 6.07) is 14.9. The van der Waals surface area contributed by atoms with Crippen LogP contribution in [0.3, 0.4) is 0 Å². The molecular formula is C27H34N4O4S. The number of carbonyl (C=O) groups is 1. The molecule has 1 amide bonds. The lowest BCUT2D eigenvalue weighted by Gasteiger charge is -2.29. The molecule has 9 heteroatoms. The fraction of sp³-hybridized carbons (Fsp3) is 0.481. The van der Waals surface area contributed by atoms with E-state index in [1.807, 2.05) is 6.07 Å². The number of sulfonamides is 1. The first-order chi connectivity index (χ1) is 17.3. The Labute approximate surface area is 212 Å². The number of carbonyl (C=O) groups excluding carboxylic acids is 1. The smallest absolute Gasteiger partial charge is 0.409 e. The van der Waals surface area contributed by atoms with E-state index in [9.17, 15) is 13.2 Å². The van der Waals surface area contributed by atoms with Gasteiger partial charge in [-0.25, -0.2) is 23.3 Å². The highest BCUT2D eigenvalue weighted by Gasteiger charge is 2.33. The minimum atomic E-state index is -3.53. The third-order valence-electron chi connectivity index (χ3n) is 7.84. The van der Waals surface area contributed by atoms with Gasteiger partial charge < -0.3 is 14.2 Å². The highest BCUT2D eigenvalue weighted by molar-refractivity contribution is 7.89. The van der Waals surface area contributed by atoms with Crippen LogP contribution in [-0.2, 0) is 34.1 Å². The van der Waals surface area contributed by atoms with Gasteiger partial charge >= 0.3 is 6.09 Å². The zero-order valence-corrected chi connectivity index (χ0v) is 21.7. The Hall–Kier alpha value is -2.91. The summed E-state index contributed by atoms with van der Waals surface area (Å²) in [4.78, 5) is 19.2. The Morgan fingerprint density at radius 2 is 1.86 bits per heavy atom. The topological polar surface area (TPSA) is 108 Å². The molecule has 1 aromatic heterocycles. The fourth-order valence-electron chi connectivity index (χ4n) is 5.94. The van der Waals surface area contributed by atoms with Crippen molar-refractivity contribution in [1.82, 2.24) is 14.5 Å². The minimum absolute atomic E-state index is 0.154. The van der Waals surface area contributed by atoms with E-state index in [0.717, 1.165) is 48.1 Å². The Morgan fingerprint density at radius 1 is 1.14 bits per heavy atom. The van der Waals surface area contributed by atoms with E-state index in [0.29, 0.717) is 25.9 Å². The van der Waals surface area contributed by atoms with Crippen molar-refractivity contribution in [2.24, 2.45) is 5.14 Å². The van der Waals surface area contributed by atoms with Crippen LogP contribution in [0, 0.1) is 0 Å². The summed E-state index contributed by atoms with van der Waals surface area (Å²) in [5.74, 6) is 1.16. The van der Waals surface area contributed by atoms with Crippen LogP contribution in [0.5, 0.6) is 0 Å². The third-order valence-corrected chi connectivity index (χ3v) is 9.24. The molecule has 1 saturated carbocycles. The molecule has 192 valence electrons. The molecule has 1 fully saturated rings. The van der Waals surface area contributed by atoms with Gasteiger partial charge in [0.15, 0.2) is 0 Å². The molecule has 2 aromatic carbocycles. The van der Waals surface area contributed by atoms with Crippen LogP contribution in [-0.4, -0.2) is 47.9 Å². The molecule has 0 spiro atoms. The van der Waals surface area contributed by atoms with Gasteiger partial charge in [0.1, 0.15) is 5.82 Å². The molecule has 36 heavy (non-hydrogen) atoms. The van der Waals surface area contributed by atoms with Gasteiger partial charge in [0.25, 0.3) is 0 Å². The van der Waals surface area contributed by atoms with Gasteiger partial charge in [-0.05, 0) is 62.6 Å². The first-order valence-electron chi connectivity index (χ1n) is 12.7. The van der Waals surface area contributed by atoms with Gasteiger partial charge in [-0.2, -0.15) is 0 Å². The molecular weight excluding hydrogens is 476 g/mol. The largest absolute Gasteiger partial charge is 0.453 e. The Kier molecular flexibility index (Phi) is 6.78. The lowest BCUT2D eigenvalue weighted by atomic mass is 9.88. The average molecular weight is 511 g/mol. The molecule has 3 aromatic rings. The van der Waals surface area contributed by atoms with Gasteiger partial charge in [-0.1, -0.05) is 36.4 Å². The number of nitrogens with two attached hydrogens (primary N) is 1. The number of aromatic nitrogens is 2. The molecule has 2 N–H and O–H groups in total. The van der Waals surface area contributed by atoms with Crippen LogP contribution < -0.4 is 5.14 Å². The number of hydrogen-bond donors (Lipinski definition) is 1. The number of nitrogens with zero attached hydrogens (tertiary/aromatic N) is 3. The molecule has 0 bridgehead atoms. The van der Waals surface area contributed by atoms with E-state index < -0.39 is 15.3 Å². The van der Waals surface area contributed by atoms with Crippen molar-refractivity contribution in [1.29, 1.82) is 0 Å². The zero-order chi connectivity index (χ0) is 25.4. The minimum Gasteiger partial charge on any atom is -0.453 e. The van der Waals surface area contributed by atoms with Crippen molar-refractivity contribution in [2.45, 2.75) is 69.2 Å². The maximum Gasteiger partial charge on any atom is 0.409 e. The standard InChI is InChI=1S/C27H34N4O4S/c1-18(16-19-6-4-3-5-7-19)31-24-13-10-20-14-15-30(27(32)35-2)17-23(20)25(24)29-26(31)21-8-11-22(12-9-21)36(28,33)34/h3-7,10,13,18,21-22H,8-9,11-12,14-17H2,1-2H3,(H2,28,33,34)/t18-,21?,22?/m1/s1. The summed E-state index contributed by atoms with van der Waals surface area (Å²) in [6.45, 7) is 3.32. The van der Waals surface area contributed by atoms with Crippen molar-refractivity contribution < 1.29 is 17.9 Å². The predicted octanol–water partition coefficient (Wildman–Crippen LogP) is 4.28. The number of benzene rings is 2. The van der Waals surface area contributed by atoms with Gasteiger partial charge in [0.2, 0.25) is 10.0 Å². The molecule has 2 heterocycles. The van der Waals surface area contributed by atoms with Crippen LogP contribution in [0.15, 0.2) is 42.5 Å².